The van der Waals surface area contributed by atoms with Gasteiger partial charge in [-0.3, -0.25) is 4.90 Å². The quantitative estimate of drug-likeness (QED) is 0.832. The van der Waals surface area contributed by atoms with Crippen molar-refractivity contribution in [1.82, 2.24) is 15.0 Å². The fourth-order valence-electron chi connectivity index (χ4n) is 2.97. The molecule has 1 atom stereocenters. The maximum atomic E-state index is 11.3. The minimum Gasteiger partial charge on any atom is -0.339 e. The van der Waals surface area contributed by atoms with Crippen molar-refractivity contribution in [3.8, 4) is 0 Å². The lowest BCUT2D eigenvalue weighted by atomic mass is 9.97. The van der Waals surface area contributed by atoms with Gasteiger partial charge in [0, 0.05) is 19.3 Å². The Bertz CT molecular complexity index is 743. The van der Waals surface area contributed by atoms with Gasteiger partial charge in [0.25, 0.3) is 0 Å². The fraction of sp³-hybridized carbons (Fsp3) is 0.500. The number of sulfone groups is 1. The van der Waals surface area contributed by atoms with Gasteiger partial charge in [-0.15, -0.1) is 0 Å². The van der Waals surface area contributed by atoms with Gasteiger partial charge in [0.15, 0.2) is 15.7 Å². The Labute approximate surface area is 136 Å². The Morgan fingerprint density at radius 2 is 2.09 bits per heavy atom. The predicted octanol–water partition coefficient (Wildman–Crippen LogP) is 1.99. The second-order valence-corrected chi connectivity index (χ2v) is 8.32. The van der Waals surface area contributed by atoms with Gasteiger partial charge in [-0.05, 0) is 24.9 Å². The van der Waals surface area contributed by atoms with Crippen LogP contribution in [0.3, 0.4) is 0 Å². The normalized spacial score (nSPS) is 19.8. The minimum atomic E-state index is -3.14. The molecule has 1 saturated heterocycles. The molecule has 2 aromatic rings. The van der Waals surface area contributed by atoms with E-state index in [1.807, 2.05) is 18.2 Å². The maximum absolute atomic E-state index is 11.3. The molecule has 0 radical (unpaired) electrons. The van der Waals surface area contributed by atoms with Crippen LogP contribution in [0.15, 0.2) is 34.9 Å². The third kappa shape index (κ3) is 4.62. The first-order chi connectivity index (χ1) is 11.0. The van der Waals surface area contributed by atoms with Gasteiger partial charge < -0.3 is 4.52 Å². The lowest BCUT2D eigenvalue weighted by Gasteiger charge is -2.30. The molecule has 2 heterocycles. The zero-order chi connectivity index (χ0) is 16.3. The standard InChI is InChI=1S/C16H21N3O3S/c1-23(20,21)12-15-17-16(22-18-15)14-8-5-9-19(11-14)10-13-6-3-2-4-7-13/h2-4,6-7,14H,5,8-12H2,1H3/t14-/m0/s1. The lowest BCUT2D eigenvalue weighted by Crippen LogP contribution is -2.34. The van der Waals surface area contributed by atoms with Gasteiger partial charge in [0.1, 0.15) is 5.75 Å². The van der Waals surface area contributed by atoms with Crippen LogP contribution < -0.4 is 0 Å². The summed E-state index contributed by atoms with van der Waals surface area (Å²) in [5.74, 6) is 0.814. The zero-order valence-electron chi connectivity index (χ0n) is 13.2. The van der Waals surface area contributed by atoms with E-state index in [1.165, 1.54) is 11.8 Å². The number of aromatic nitrogens is 2. The highest BCUT2D eigenvalue weighted by Gasteiger charge is 2.26. The molecule has 0 N–H and O–H groups in total. The Balaban J connectivity index is 1.64. The van der Waals surface area contributed by atoms with Gasteiger partial charge in [0.2, 0.25) is 5.89 Å². The van der Waals surface area contributed by atoms with Crippen molar-refractivity contribution in [2.75, 3.05) is 19.3 Å². The van der Waals surface area contributed by atoms with Crippen LogP contribution in [0.5, 0.6) is 0 Å². The van der Waals surface area contributed by atoms with Gasteiger partial charge >= 0.3 is 0 Å². The highest BCUT2D eigenvalue weighted by molar-refractivity contribution is 7.89. The Kier molecular flexibility index (Phi) is 4.77. The van der Waals surface area contributed by atoms with Crippen LogP contribution in [0, 0.1) is 0 Å². The molecule has 0 saturated carbocycles. The van der Waals surface area contributed by atoms with E-state index in [9.17, 15) is 8.42 Å². The second-order valence-electron chi connectivity index (χ2n) is 6.18. The first-order valence-electron chi connectivity index (χ1n) is 7.76. The summed E-state index contributed by atoms with van der Waals surface area (Å²) in [5, 5.41) is 3.80. The minimum absolute atomic E-state index is 0.170. The third-order valence-electron chi connectivity index (χ3n) is 3.98. The summed E-state index contributed by atoms with van der Waals surface area (Å²) >= 11 is 0. The molecule has 7 heteroatoms. The molecule has 3 rings (SSSR count). The number of likely N-dealkylation sites (tertiary alicyclic amines) is 1. The Morgan fingerprint density at radius 1 is 1.30 bits per heavy atom. The lowest BCUT2D eigenvalue weighted by molar-refractivity contribution is 0.180. The number of nitrogens with zero attached hydrogens (tertiary/aromatic N) is 3. The summed E-state index contributed by atoms with van der Waals surface area (Å²) < 4.78 is 27.9. The largest absolute Gasteiger partial charge is 0.339 e. The summed E-state index contributed by atoms with van der Waals surface area (Å²) in [5.41, 5.74) is 1.29. The number of rotatable bonds is 5. The van der Waals surface area contributed by atoms with Crippen LogP contribution in [-0.4, -0.2) is 42.8 Å². The van der Waals surface area contributed by atoms with E-state index in [0.717, 1.165) is 32.5 Å². The van der Waals surface area contributed by atoms with Crippen molar-refractivity contribution in [2.45, 2.75) is 31.1 Å². The molecule has 0 amide bonds. The summed E-state index contributed by atoms with van der Waals surface area (Å²) in [7, 11) is -3.14. The van der Waals surface area contributed by atoms with E-state index in [4.69, 9.17) is 4.52 Å². The molecule has 1 aromatic carbocycles. The second kappa shape index (κ2) is 6.80. The number of hydrogen-bond acceptors (Lipinski definition) is 6. The van der Waals surface area contributed by atoms with Crippen molar-refractivity contribution in [3.63, 3.8) is 0 Å². The number of piperidine rings is 1. The number of benzene rings is 1. The molecule has 0 bridgehead atoms. The van der Waals surface area contributed by atoms with E-state index in [0.29, 0.717) is 5.89 Å². The highest BCUT2D eigenvalue weighted by atomic mass is 32.2. The third-order valence-corrected chi connectivity index (χ3v) is 4.76. The molecule has 6 nitrogen and oxygen atoms in total. The SMILES string of the molecule is CS(=O)(=O)Cc1noc([C@H]2CCCN(Cc3ccccc3)C2)n1. The van der Waals surface area contributed by atoms with E-state index < -0.39 is 9.84 Å². The van der Waals surface area contributed by atoms with Crippen LogP contribution >= 0.6 is 0 Å². The average Bonchev–Trinajstić information content (AvgIpc) is 2.95. The molecule has 0 unspecified atom stereocenters. The van der Waals surface area contributed by atoms with Gasteiger partial charge in [-0.25, -0.2) is 8.42 Å². The number of hydrogen-bond donors (Lipinski definition) is 0. The first-order valence-corrected chi connectivity index (χ1v) is 9.82. The summed E-state index contributed by atoms with van der Waals surface area (Å²) in [6.07, 6.45) is 3.23. The summed E-state index contributed by atoms with van der Waals surface area (Å²) in [6, 6.07) is 10.4. The molecule has 1 fully saturated rings. The average molecular weight is 335 g/mol. The molecular formula is C16H21N3O3S. The predicted molar refractivity (Wildman–Crippen MR) is 86.5 cm³/mol. The molecule has 124 valence electrons. The molecule has 23 heavy (non-hydrogen) atoms. The van der Waals surface area contributed by atoms with Crippen LogP contribution in [-0.2, 0) is 22.1 Å². The fourth-order valence-corrected chi connectivity index (χ4v) is 3.56. The van der Waals surface area contributed by atoms with Crippen molar-refractivity contribution in [3.05, 3.63) is 47.6 Å². The van der Waals surface area contributed by atoms with Crippen LogP contribution in [0.2, 0.25) is 0 Å². The van der Waals surface area contributed by atoms with Gasteiger partial charge in [-0.1, -0.05) is 35.5 Å². The van der Waals surface area contributed by atoms with Crippen molar-refractivity contribution < 1.29 is 12.9 Å². The first kappa shape index (κ1) is 16.1. The molecule has 1 aliphatic heterocycles. The smallest absolute Gasteiger partial charge is 0.231 e. The Hall–Kier alpha value is -1.73. The maximum Gasteiger partial charge on any atom is 0.231 e. The topological polar surface area (TPSA) is 76.3 Å². The molecule has 0 spiro atoms. The Morgan fingerprint density at radius 3 is 2.83 bits per heavy atom. The molecular weight excluding hydrogens is 314 g/mol. The van der Waals surface area contributed by atoms with Gasteiger partial charge in [0.05, 0.1) is 5.92 Å². The monoisotopic (exact) mass is 335 g/mol. The van der Waals surface area contributed by atoms with Crippen LogP contribution in [0.1, 0.15) is 36.0 Å². The van der Waals surface area contributed by atoms with E-state index in [2.05, 4.69) is 27.2 Å². The highest BCUT2D eigenvalue weighted by Crippen LogP contribution is 2.26. The van der Waals surface area contributed by atoms with Crippen LogP contribution in [0.25, 0.3) is 0 Å². The van der Waals surface area contributed by atoms with Crippen molar-refractivity contribution >= 4 is 9.84 Å². The zero-order valence-corrected chi connectivity index (χ0v) is 14.0. The van der Waals surface area contributed by atoms with E-state index >= 15 is 0 Å². The van der Waals surface area contributed by atoms with Crippen molar-refractivity contribution in [2.24, 2.45) is 0 Å². The molecule has 0 aliphatic carbocycles. The van der Waals surface area contributed by atoms with Gasteiger partial charge in [-0.2, -0.15) is 4.98 Å². The van der Waals surface area contributed by atoms with Crippen LogP contribution in [0.4, 0.5) is 0 Å². The van der Waals surface area contributed by atoms with E-state index in [-0.39, 0.29) is 17.5 Å². The summed E-state index contributed by atoms with van der Waals surface area (Å²) in [6.45, 7) is 2.81. The van der Waals surface area contributed by atoms with E-state index in [1.54, 1.807) is 0 Å². The molecule has 1 aliphatic rings. The molecule has 1 aromatic heterocycles. The van der Waals surface area contributed by atoms with Crippen molar-refractivity contribution in [1.29, 1.82) is 0 Å². The summed E-state index contributed by atoms with van der Waals surface area (Å²) in [4.78, 5) is 6.66.